The Bertz CT molecular complexity index is 291. The number of hydrazone groups is 1. The van der Waals surface area contributed by atoms with E-state index in [1.54, 1.807) is 12.5 Å². The number of aromatic nitrogens is 1. The standard InChI is InChI=1S/C8H11N3O/c1-6-3-8(11(2)10-6)7-4-9-12-5-7/h4-5,8H,3H2,1-2H3. The van der Waals surface area contributed by atoms with Crippen molar-refractivity contribution in [2.75, 3.05) is 7.05 Å². The van der Waals surface area contributed by atoms with E-state index in [4.69, 9.17) is 4.52 Å². The molecular weight excluding hydrogens is 154 g/mol. The van der Waals surface area contributed by atoms with E-state index in [1.807, 2.05) is 19.0 Å². The average molecular weight is 165 g/mol. The first-order chi connectivity index (χ1) is 5.77. The summed E-state index contributed by atoms with van der Waals surface area (Å²) in [6, 6.07) is 0.316. The second-order valence-corrected chi connectivity index (χ2v) is 3.09. The first kappa shape index (κ1) is 7.34. The summed E-state index contributed by atoms with van der Waals surface area (Å²) in [5.41, 5.74) is 2.25. The number of rotatable bonds is 1. The van der Waals surface area contributed by atoms with Crippen LogP contribution in [0.5, 0.6) is 0 Å². The van der Waals surface area contributed by atoms with Crippen LogP contribution in [0.4, 0.5) is 0 Å². The first-order valence-electron chi connectivity index (χ1n) is 3.93. The molecule has 0 fully saturated rings. The molecule has 0 amide bonds. The predicted octanol–water partition coefficient (Wildman–Crippen LogP) is 1.43. The molecule has 0 aromatic carbocycles. The van der Waals surface area contributed by atoms with Crippen LogP contribution in [0.1, 0.15) is 24.9 Å². The van der Waals surface area contributed by atoms with Crippen LogP contribution < -0.4 is 0 Å². The van der Waals surface area contributed by atoms with E-state index in [0.717, 1.165) is 17.7 Å². The highest BCUT2D eigenvalue weighted by Crippen LogP contribution is 2.28. The van der Waals surface area contributed by atoms with Crippen molar-refractivity contribution in [2.45, 2.75) is 19.4 Å². The van der Waals surface area contributed by atoms with Gasteiger partial charge in [0.15, 0.2) is 0 Å². The Morgan fingerprint density at radius 1 is 1.67 bits per heavy atom. The van der Waals surface area contributed by atoms with Crippen LogP contribution in [0.25, 0.3) is 0 Å². The summed E-state index contributed by atoms with van der Waals surface area (Å²) in [4.78, 5) is 0. The van der Waals surface area contributed by atoms with Crippen molar-refractivity contribution in [2.24, 2.45) is 5.10 Å². The Hall–Kier alpha value is -1.32. The van der Waals surface area contributed by atoms with Crippen molar-refractivity contribution in [3.05, 3.63) is 18.0 Å². The zero-order valence-corrected chi connectivity index (χ0v) is 7.19. The van der Waals surface area contributed by atoms with Crippen molar-refractivity contribution in [3.63, 3.8) is 0 Å². The van der Waals surface area contributed by atoms with Gasteiger partial charge in [-0.05, 0) is 6.92 Å². The number of hydrogen-bond acceptors (Lipinski definition) is 4. The molecule has 0 saturated carbocycles. The molecular formula is C8H11N3O. The second kappa shape index (κ2) is 2.62. The largest absolute Gasteiger partial charge is 0.364 e. The lowest BCUT2D eigenvalue weighted by Gasteiger charge is -2.15. The van der Waals surface area contributed by atoms with Gasteiger partial charge < -0.3 is 4.52 Å². The quantitative estimate of drug-likeness (QED) is 0.632. The molecule has 4 nitrogen and oxygen atoms in total. The van der Waals surface area contributed by atoms with E-state index >= 15 is 0 Å². The first-order valence-corrected chi connectivity index (χ1v) is 3.93. The molecule has 64 valence electrons. The van der Waals surface area contributed by atoms with Gasteiger partial charge in [-0.1, -0.05) is 5.16 Å². The fourth-order valence-corrected chi connectivity index (χ4v) is 1.50. The SMILES string of the molecule is CC1=NN(C)C(c2cnoc2)C1. The molecule has 4 heteroatoms. The minimum atomic E-state index is 0.316. The van der Waals surface area contributed by atoms with Crippen molar-refractivity contribution < 1.29 is 4.52 Å². The van der Waals surface area contributed by atoms with Gasteiger partial charge in [-0.2, -0.15) is 5.10 Å². The van der Waals surface area contributed by atoms with Gasteiger partial charge in [0.2, 0.25) is 0 Å². The lowest BCUT2D eigenvalue weighted by atomic mass is 10.1. The van der Waals surface area contributed by atoms with Crippen molar-refractivity contribution in [1.82, 2.24) is 10.2 Å². The lowest BCUT2D eigenvalue weighted by molar-refractivity contribution is 0.288. The normalized spacial score (nSPS) is 23.0. The van der Waals surface area contributed by atoms with Crippen LogP contribution in [-0.4, -0.2) is 22.9 Å². The molecule has 2 heterocycles. The summed E-state index contributed by atoms with van der Waals surface area (Å²) in [6.45, 7) is 2.03. The summed E-state index contributed by atoms with van der Waals surface area (Å²) in [6.07, 6.45) is 4.39. The van der Waals surface area contributed by atoms with E-state index in [0.29, 0.717) is 6.04 Å². The van der Waals surface area contributed by atoms with Crippen molar-refractivity contribution in [1.29, 1.82) is 0 Å². The molecule has 0 aliphatic carbocycles. The van der Waals surface area contributed by atoms with E-state index in [-0.39, 0.29) is 0 Å². The molecule has 1 aliphatic heterocycles. The van der Waals surface area contributed by atoms with Crippen LogP contribution in [0.2, 0.25) is 0 Å². The summed E-state index contributed by atoms with van der Waals surface area (Å²) in [7, 11) is 1.97. The highest BCUT2D eigenvalue weighted by Gasteiger charge is 2.23. The minimum Gasteiger partial charge on any atom is -0.364 e. The van der Waals surface area contributed by atoms with Gasteiger partial charge >= 0.3 is 0 Å². The summed E-state index contributed by atoms with van der Waals surface area (Å²) in [5, 5.41) is 9.93. The maximum atomic E-state index is 4.78. The highest BCUT2D eigenvalue weighted by atomic mass is 16.5. The highest BCUT2D eigenvalue weighted by molar-refractivity contribution is 5.83. The molecule has 1 aromatic rings. The van der Waals surface area contributed by atoms with E-state index in [9.17, 15) is 0 Å². The van der Waals surface area contributed by atoms with Crippen LogP contribution in [0, 0.1) is 0 Å². The Balaban J connectivity index is 2.19. The summed E-state index contributed by atoms with van der Waals surface area (Å²) >= 11 is 0. The third kappa shape index (κ3) is 1.09. The van der Waals surface area contributed by atoms with E-state index in [1.165, 1.54) is 0 Å². The number of nitrogens with zero attached hydrogens (tertiary/aromatic N) is 3. The van der Waals surface area contributed by atoms with E-state index < -0.39 is 0 Å². The van der Waals surface area contributed by atoms with Crippen molar-refractivity contribution >= 4 is 5.71 Å². The van der Waals surface area contributed by atoms with Crippen LogP contribution in [-0.2, 0) is 0 Å². The molecule has 12 heavy (non-hydrogen) atoms. The van der Waals surface area contributed by atoms with Gasteiger partial charge in [0.1, 0.15) is 6.26 Å². The third-order valence-electron chi connectivity index (χ3n) is 2.10. The zero-order valence-electron chi connectivity index (χ0n) is 7.19. The summed E-state index contributed by atoms with van der Waals surface area (Å²) in [5.74, 6) is 0. The molecule has 1 aromatic heterocycles. The fourth-order valence-electron chi connectivity index (χ4n) is 1.50. The average Bonchev–Trinajstić information content (AvgIpc) is 2.58. The topological polar surface area (TPSA) is 41.6 Å². The maximum absolute atomic E-state index is 4.78. The molecule has 0 spiro atoms. The van der Waals surface area contributed by atoms with Gasteiger partial charge in [-0.3, -0.25) is 5.01 Å². The Labute approximate surface area is 70.8 Å². The Morgan fingerprint density at radius 3 is 3.00 bits per heavy atom. The van der Waals surface area contributed by atoms with Crippen molar-refractivity contribution in [3.8, 4) is 0 Å². The Kier molecular flexibility index (Phi) is 1.60. The van der Waals surface area contributed by atoms with Gasteiger partial charge in [-0.15, -0.1) is 0 Å². The second-order valence-electron chi connectivity index (χ2n) is 3.09. The van der Waals surface area contributed by atoms with Crippen LogP contribution in [0.3, 0.4) is 0 Å². The van der Waals surface area contributed by atoms with Gasteiger partial charge in [0.25, 0.3) is 0 Å². The van der Waals surface area contributed by atoms with Crippen LogP contribution in [0.15, 0.2) is 22.1 Å². The molecule has 0 radical (unpaired) electrons. The minimum absolute atomic E-state index is 0.316. The monoisotopic (exact) mass is 165 g/mol. The van der Waals surface area contributed by atoms with Gasteiger partial charge in [0, 0.05) is 24.7 Å². The lowest BCUT2D eigenvalue weighted by Crippen LogP contribution is -2.12. The fraction of sp³-hybridized carbons (Fsp3) is 0.500. The van der Waals surface area contributed by atoms with Gasteiger partial charge in [-0.25, -0.2) is 0 Å². The third-order valence-corrected chi connectivity index (χ3v) is 2.10. The zero-order chi connectivity index (χ0) is 8.55. The number of hydrogen-bond donors (Lipinski definition) is 0. The van der Waals surface area contributed by atoms with Crippen LogP contribution >= 0.6 is 0 Å². The van der Waals surface area contributed by atoms with Gasteiger partial charge in [0.05, 0.1) is 12.2 Å². The molecule has 1 atom stereocenters. The smallest absolute Gasteiger partial charge is 0.129 e. The molecule has 2 rings (SSSR count). The molecule has 0 saturated heterocycles. The Morgan fingerprint density at radius 2 is 2.50 bits per heavy atom. The molecule has 0 N–H and O–H groups in total. The molecule has 1 unspecified atom stereocenters. The van der Waals surface area contributed by atoms with E-state index in [2.05, 4.69) is 10.3 Å². The maximum Gasteiger partial charge on any atom is 0.129 e. The summed E-state index contributed by atoms with van der Waals surface area (Å²) < 4.78 is 4.78. The predicted molar refractivity (Wildman–Crippen MR) is 44.7 cm³/mol. The molecule has 1 aliphatic rings. The molecule has 0 bridgehead atoms.